The zero-order valence-corrected chi connectivity index (χ0v) is 8.05. The summed E-state index contributed by atoms with van der Waals surface area (Å²) in [4.78, 5) is 10.4. The van der Waals surface area contributed by atoms with Crippen LogP contribution in [0.5, 0.6) is 5.75 Å². The minimum absolute atomic E-state index is 0.107. The molecule has 1 aromatic rings. The molecule has 1 atom stereocenters. The molecule has 0 fully saturated rings. The topological polar surface area (TPSA) is 26.3 Å². The normalized spacial score (nSPS) is 12.6. The highest BCUT2D eigenvalue weighted by molar-refractivity contribution is 6.31. The van der Waals surface area contributed by atoms with E-state index < -0.39 is 12.8 Å². The summed E-state index contributed by atoms with van der Waals surface area (Å²) in [5.41, 5.74) is 0.124. The van der Waals surface area contributed by atoms with Crippen LogP contribution in [0, 0.1) is 0 Å². The zero-order chi connectivity index (χ0) is 11.4. The standard InChI is InChI=1S/C9H6ClF3O2/c10-6-1-5(4-14)2-7(3-6)15-9(13)8(11)12/h1-4,8-9H. The molecule has 0 aromatic heterocycles. The van der Waals surface area contributed by atoms with E-state index in [4.69, 9.17) is 11.6 Å². The lowest BCUT2D eigenvalue weighted by Gasteiger charge is -2.10. The highest BCUT2D eigenvalue weighted by Gasteiger charge is 2.21. The van der Waals surface area contributed by atoms with Crippen molar-refractivity contribution in [3.63, 3.8) is 0 Å². The Labute approximate surface area is 88.6 Å². The van der Waals surface area contributed by atoms with E-state index in [9.17, 15) is 18.0 Å². The molecule has 0 aliphatic rings. The van der Waals surface area contributed by atoms with E-state index in [-0.39, 0.29) is 16.3 Å². The number of hydrogen-bond acceptors (Lipinski definition) is 2. The van der Waals surface area contributed by atoms with Gasteiger partial charge in [0.05, 0.1) is 0 Å². The van der Waals surface area contributed by atoms with Gasteiger partial charge < -0.3 is 4.74 Å². The van der Waals surface area contributed by atoms with E-state index in [1.165, 1.54) is 6.07 Å². The molecule has 1 rings (SSSR count). The molecule has 0 amide bonds. The first-order valence-electron chi connectivity index (χ1n) is 3.87. The number of aldehydes is 1. The van der Waals surface area contributed by atoms with Gasteiger partial charge in [-0.25, -0.2) is 8.78 Å². The lowest BCUT2D eigenvalue weighted by molar-refractivity contribution is -0.0669. The van der Waals surface area contributed by atoms with Crippen molar-refractivity contribution >= 4 is 17.9 Å². The Morgan fingerprint density at radius 1 is 1.27 bits per heavy atom. The Morgan fingerprint density at radius 2 is 1.93 bits per heavy atom. The molecule has 2 nitrogen and oxygen atoms in total. The molecule has 1 aromatic carbocycles. The second kappa shape index (κ2) is 5.02. The molecule has 0 aliphatic carbocycles. The second-order valence-corrected chi connectivity index (χ2v) is 3.08. The maximum atomic E-state index is 12.5. The summed E-state index contributed by atoms with van der Waals surface area (Å²) in [7, 11) is 0. The van der Waals surface area contributed by atoms with Crippen LogP contribution in [0.4, 0.5) is 13.2 Å². The number of alkyl halides is 3. The minimum atomic E-state index is -3.25. The van der Waals surface area contributed by atoms with Gasteiger partial charge in [-0.3, -0.25) is 4.79 Å². The number of hydrogen-bond donors (Lipinski definition) is 0. The van der Waals surface area contributed by atoms with E-state index in [1.54, 1.807) is 0 Å². The summed E-state index contributed by atoms with van der Waals surface area (Å²) in [5.74, 6) is -0.211. The molecule has 0 saturated carbocycles. The summed E-state index contributed by atoms with van der Waals surface area (Å²) in [5, 5.41) is 0.107. The quantitative estimate of drug-likeness (QED) is 0.754. The molecule has 0 saturated heterocycles. The Bertz CT molecular complexity index is 357. The Kier molecular flexibility index (Phi) is 3.96. The molecule has 15 heavy (non-hydrogen) atoms. The summed E-state index contributed by atoms with van der Waals surface area (Å²) in [6, 6.07) is 3.56. The SMILES string of the molecule is O=Cc1cc(Cl)cc(OC(F)C(F)F)c1. The first kappa shape index (κ1) is 11.8. The van der Waals surface area contributed by atoms with Crippen molar-refractivity contribution in [3.8, 4) is 5.75 Å². The molecule has 0 spiro atoms. The molecular weight excluding hydrogens is 233 g/mol. The molecule has 0 N–H and O–H groups in total. The van der Waals surface area contributed by atoms with Crippen LogP contribution in [0.1, 0.15) is 10.4 Å². The van der Waals surface area contributed by atoms with Crippen LogP contribution in [-0.4, -0.2) is 19.1 Å². The Balaban J connectivity index is 2.85. The third-order valence-corrected chi connectivity index (χ3v) is 1.69. The van der Waals surface area contributed by atoms with Crippen LogP contribution in [-0.2, 0) is 0 Å². The summed E-state index contributed by atoms with van der Waals surface area (Å²) in [6.45, 7) is 0. The Hall–Kier alpha value is -1.23. The number of benzene rings is 1. The first-order chi connectivity index (χ1) is 7.02. The molecule has 0 aliphatic heterocycles. The van der Waals surface area contributed by atoms with Gasteiger partial charge in [0, 0.05) is 10.6 Å². The highest BCUT2D eigenvalue weighted by Crippen LogP contribution is 2.22. The van der Waals surface area contributed by atoms with Crippen molar-refractivity contribution in [2.45, 2.75) is 12.8 Å². The third kappa shape index (κ3) is 3.43. The number of ether oxygens (including phenoxy) is 1. The number of halogens is 4. The van der Waals surface area contributed by atoms with Crippen molar-refractivity contribution in [2.75, 3.05) is 0 Å². The molecule has 82 valence electrons. The Morgan fingerprint density at radius 3 is 2.47 bits per heavy atom. The molecule has 6 heteroatoms. The van der Waals surface area contributed by atoms with Crippen molar-refractivity contribution in [1.29, 1.82) is 0 Å². The first-order valence-corrected chi connectivity index (χ1v) is 4.25. The van der Waals surface area contributed by atoms with Crippen LogP contribution >= 0.6 is 11.6 Å². The zero-order valence-electron chi connectivity index (χ0n) is 7.29. The largest absolute Gasteiger partial charge is 0.454 e. The van der Waals surface area contributed by atoms with Crippen molar-refractivity contribution in [1.82, 2.24) is 0 Å². The summed E-state index contributed by atoms with van der Waals surface area (Å²) >= 11 is 5.54. The predicted octanol–water partition coefficient (Wildman–Crippen LogP) is 3.09. The second-order valence-electron chi connectivity index (χ2n) is 2.64. The van der Waals surface area contributed by atoms with Crippen LogP contribution < -0.4 is 4.74 Å². The fourth-order valence-electron chi connectivity index (χ4n) is 0.902. The lowest BCUT2D eigenvalue weighted by atomic mass is 10.2. The average molecular weight is 239 g/mol. The average Bonchev–Trinajstić information content (AvgIpc) is 2.16. The van der Waals surface area contributed by atoms with E-state index in [0.717, 1.165) is 12.1 Å². The van der Waals surface area contributed by atoms with Gasteiger partial charge >= 0.3 is 6.43 Å². The smallest absolute Gasteiger partial charge is 0.304 e. The predicted molar refractivity (Wildman–Crippen MR) is 48.4 cm³/mol. The van der Waals surface area contributed by atoms with Crippen LogP contribution in [0.3, 0.4) is 0 Å². The van der Waals surface area contributed by atoms with Crippen molar-refractivity contribution < 1.29 is 22.7 Å². The number of carbonyl (C=O) groups excluding carboxylic acids is 1. The van der Waals surface area contributed by atoms with Gasteiger partial charge in [0.25, 0.3) is 6.36 Å². The lowest BCUT2D eigenvalue weighted by Crippen LogP contribution is -2.19. The fourth-order valence-corrected chi connectivity index (χ4v) is 1.14. The van der Waals surface area contributed by atoms with Crippen LogP contribution in [0.15, 0.2) is 18.2 Å². The molecule has 0 radical (unpaired) electrons. The van der Waals surface area contributed by atoms with E-state index in [0.29, 0.717) is 6.29 Å². The van der Waals surface area contributed by atoms with Gasteiger partial charge in [0.2, 0.25) is 0 Å². The van der Waals surface area contributed by atoms with Crippen LogP contribution in [0.25, 0.3) is 0 Å². The minimum Gasteiger partial charge on any atom is -0.454 e. The molecular formula is C9H6ClF3O2. The maximum Gasteiger partial charge on any atom is 0.304 e. The molecule has 1 unspecified atom stereocenters. The van der Waals surface area contributed by atoms with Crippen LogP contribution in [0.2, 0.25) is 5.02 Å². The van der Waals surface area contributed by atoms with Gasteiger partial charge in [-0.05, 0) is 18.2 Å². The van der Waals surface area contributed by atoms with E-state index in [2.05, 4.69) is 4.74 Å². The van der Waals surface area contributed by atoms with Gasteiger partial charge in [-0.15, -0.1) is 0 Å². The maximum absolute atomic E-state index is 12.5. The highest BCUT2D eigenvalue weighted by atomic mass is 35.5. The van der Waals surface area contributed by atoms with Gasteiger partial charge in [0.15, 0.2) is 0 Å². The summed E-state index contributed by atoms with van der Waals surface area (Å²) < 4.78 is 40.3. The number of carbonyl (C=O) groups is 1. The molecule has 0 heterocycles. The molecule has 0 bridgehead atoms. The van der Waals surface area contributed by atoms with E-state index >= 15 is 0 Å². The summed E-state index contributed by atoms with van der Waals surface area (Å²) in [6.07, 6.45) is -5.53. The van der Waals surface area contributed by atoms with Gasteiger partial charge in [-0.2, -0.15) is 4.39 Å². The third-order valence-electron chi connectivity index (χ3n) is 1.48. The van der Waals surface area contributed by atoms with Crippen molar-refractivity contribution in [3.05, 3.63) is 28.8 Å². The fraction of sp³-hybridized carbons (Fsp3) is 0.222. The van der Waals surface area contributed by atoms with E-state index in [1.807, 2.05) is 0 Å². The monoisotopic (exact) mass is 238 g/mol. The van der Waals surface area contributed by atoms with Crippen molar-refractivity contribution in [2.24, 2.45) is 0 Å². The number of rotatable bonds is 4. The van der Waals surface area contributed by atoms with Gasteiger partial charge in [0.1, 0.15) is 12.0 Å². The van der Waals surface area contributed by atoms with Gasteiger partial charge in [-0.1, -0.05) is 11.6 Å².